The third-order valence-corrected chi connectivity index (χ3v) is 4.68. The number of hydrogen-bond acceptors (Lipinski definition) is 4. The SMILES string of the molecule is CC(C)c1ccc(OCC(=O)Nc2nc3ccc(Cl)cc3s2)cc1. The summed E-state index contributed by atoms with van der Waals surface area (Å²) in [6.07, 6.45) is 0. The van der Waals surface area contributed by atoms with Crippen LogP contribution in [0.4, 0.5) is 5.13 Å². The summed E-state index contributed by atoms with van der Waals surface area (Å²) in [5, 5.41) is 3.94. The molecule has 4 nitrogen and oxygen atoms in total. The van der Waals surface area contributed by atoms with Crippen LogP contribution in [-0.4, -0.2) is 17.5 Å². The number of carbonyl (C=O) groups excluding carboxylic acids is 1. The van der Waals surface area contributed by atoms with Gasteiger partial charge in [-0.05, 0) is 41.8 Å². The Bertz CT molecular complexity index is 859. The lowest BCUT2D eigenvalue weighted by molar-refractivity contribution is -0.118. The van der Waals surface area contributed by atoms with Gasteiger partial charge in [0, 0.05) is 5.02 Å². The van der Waals surface area contributed by atoms with E-state index in [0.717, 1.165) is 10.2 Å². The molecule has 0 aliphatic rings. The minimum Gasteiger partial charge on any atom is -0.484 e. The Balaban J connectivity index is 1.58. The monoisotopic (exact) mass is 360 g/mol. The van der Waals surface area contributed by atoms with E-state index in [4.69, 9.17) is 16.3 Å². The fourth-order valence-corrected chi connectivity index (χ4v) is 3.36. The maximum atomic E-state index is 12.0. The number of benzene rings is 2. The fraction of sp³-hybridized carbons (Fsp3) is 0.222. The molecule has 2 aromatic carbocycles. The molecule has 0 saturated carbocycles. The molecule has 0 atom stereocenters. The van der Waals surface area contributed by atoms with Crippen LogP contribution in [0.1, 0.15) is 25.3 Å². The number of nitrogens with one attached hydrogen (secondary N) is 1. The van der Waals surface area contributed by atoms with Crippen molar-refractivity contribution in [2.75, 3.05) is 11.9 Å². The van der Waals surface area contributed by atoms with E-state index in [-0.39, 0.29) is 12.5 Å². The highest BCUT2D eigenvalue weighted by Crippen LogP contribution is 2.28. The zero-order chi connectivity index (χ0) is 17.1. The van der Waals surface area contributed by atoms with Crippen LogP contribution in [0.2, 0.25) is 5.02 Å². The minimum atomic E-state index is -0.243. The summed E-state index contributed by atoms with van der Waals surface area (Å²) in [6, 6.07) is 13.2. The van der Waals surface area contributed by atoms with Crippen molar-refractivity contribution in [2.24, 2.45) is 0 Å². The first kappa shape index (κ1) is 16.7. The summed E-state index contributed by atoms with van der Waals surface area (Å²) in [5.74, 6) is 0.897. The van der Waals surface area contributed by atoms with Crippen LogP contribution >= 0.6 is 22.9 Å². The molecule has 24 heavy (non-hydrogen) atoms. The number of carbonyl (C=O) groups is 1. The molecule has 6 heteroatoms. The van der Waals surface area contributed by atoms with Gasteiger partial charge in [-0.15, -0.1) is 0 Å². The van der Waals surface area contributed by atoms with E-state index >= 15 is 0 Å². The second-order valence-electron chi connectivity index (χ2n) is 5.69. The number of hydrogen-bond donors (Lipinski definition) is 1. The molecule has 0 aliphatic carbocycles. The quantitative estimate of drug-likeness (QED) is 0.689. The lowest BCUT2D eigenvalue weighted by Crippen LogP contribution is -2.20. The van der Waals surface area contributed by atoms with Crippen molar-refractivity contribution in [1.82, 2.24) is 4.98 Å². The predicted molar refractivity (Wildman–Crippen MR) is 99.3 cm³/mol. The van der Waals surface area contributed by atoms with Crippen LogP contribution in [0.5, 0.6) is 5.75 Å². The van der Waals surface area contributed by atoms with Crippen molar-refractivity contribution in [3.8, 4) is 5.75 Å². The number of halogens is 1. The van der Waals surface area contributed by atoms with Gasteiger partial charge in [-0.2, -0.15) is 0 Å². The van der Waals surface area contributed by atoms with Gasteiger partial charge in [0.05, 0.1) is 10.2 Å². The first-order chi connectivity index (χ1) is 11.5. The van der Waals surface area contributed by atoms with Crippen molar-refractivity contribution >= 4 is 44.2 Å². The van der Waals surface area contributed by atoms with E-state index in [9.17, 15) is 4.79 Å². The Morgan fingerprint density at radius 2 is 2.00 bits per heavy atom. The molecule has 3 rings (SSSR count). The topological polar surface area (TPSA) is 51.2 Å². The Morgan fingerprint density at radius 3 is 2.71 bits per heavy atom. The van der Waals surface area contributed by atoms with Gasteiger partial charge in [0.15, 0.2) is 11.7 Å². The van der Waals surface area contributed by atoms with E-state index in [1.54, 1.807) is 6.07 Å². The average Bonchev–Trinajstić information content (AvgIpc) is 2.94. The third kappa shape index (κ3) is 4.04. The number of thiazole rings is 1. The molecule has 0 radical (unpaired) electrons. The highest BCUT2D eigenvalue weighted by Gasteiger charge is 2.09. The van der Waals surface area contributed by atoms with Crippen molar-refractivity contribution in [3.63, 3.8) is 0 Å². The molecule has 0 fully saturated rings. The Labute approximate surface area is 149 Å². The van der Waals surface area contributed by atoms with E-state index in [0.29, 0.717) is 21.8 Å². The van der Waals surface area contributed by atoms with Crippen molar-refractivity contribution in [1.29, 1.82) is 0 Å². The number of ether oxygens (including phenoxy) is 1. The smallest absolute Gasteiger partial charge is 0.264 e. The first-order valence-corrected chi connectivity index (χ1v) is 8.79. The highest BCUT2D eigenvalue weighted by atomic mass is 35.5. The van der Waals surface area contributed by atoms with Crippen LogP contribution in [0.3, 0.4) is 0 Å². The number of aromatic nitrogens is 1. The molecule has 0 unspecified atom stereocenters. The van der Waals surface area contributed by atoms with Gasteiger partial charge in [-0.25, -0.2) is 4.98 Å². The molecular weight excluding hydrogens is 344 g/mol. The molecule has 1 amide bonds. The van der Waals surface area contributed by atoms with Crippen LogP contribution in [0.15, 0.2) is 42.5 Å². The van der Waals surface area contributed by atoms with Crippen LogP contribution in [0.25, 0.3) is 10.2 Å². The number of nitrogens with zero attached hydrogens (tertiary/aromatic N) is 1. The molecular formula is C18H17ClN2O2S. The Morgan fingerprint density at radius 1 is 1.25 bits per heavy atom. The molecule has 3 aromatic rings. The Hall–Kier alpha value is -2.11. The molecule has 1 N–H and O–H groups in total. The average molecular weight is 361 g/mol. The van der Waals surface area contributed by atoms with Gasteiger partial charge in [0.25, 0.3) is 5.91 Å². The van der Waals surface area contributed by atoms with Gasteiger partial charge in [0.1, 0.15) is 5.75 Å². The Kier molecular flexibility index (Phi) is 5.02. The summed E-state index contributed by atoms with van der Waals surface area (Å²) < 4.78 is 6.44. The van der Waals surface area contributed by atoms with Gasteiger partial charge < -0.3 is 4.74 Å². The second kappa shape index (κ2) is 7.20. The molecule has 0 spiro atoms. The molecule has 0 saturated heterocycles. The summed E-state index contributed by atoms with van der Waals surface area (Å²) in [7, 11) is 0. The molecule has 124 valence electrons. The van der Waals surface area contributed by atoms with Crippen molar-refractivity contribution in [2.45, 2.75) is 19.8 Å². The van der Waals surface area contributed by atoms with E-state index in [1.807, 2.05) is 36.4 Å². The summed E-state index contributed by atoms with van der Waals surface area (Å²) in [4.78, 5) is 16.4. The maximum absolute atomic E-state index is 12.0. The minimum absolute atomic E-state index is 0.0578. The number of anilines is 1. The zero-order valence-corrected chi connectivity index (χ0v) is 14.9. The highest BCUT2D eigenvalue weighted by molar-refractivity contribution is 7.22. The molecule has 0 bridgehead atoms. The third-order valence-electron chi connectivity index (χ3n) is 3.51. The zero-order valence-electron chi connectivity index (χ0n) is 13.4. The summed E-state index contributed by atoms with van der Waals surface area (Å²) in [6.45, 7) is 4.21. The van der Waals surface area contributed by atoms with Gasteiger partial charge >= 0.3 is 0 Å². The van der Waals surface area contributed by atoms with Crippen LogP contribution in [0, 0.1) is 0 Å². The number of amides is 1. The lowest BCUT2D eigenvalue weighted by Gasteiger charge is -2.08. The molecule has 1 aromatic heterocycles. The largest absolute Gasteiger partial charge is 0.484 e. The van der Waals surface area contributed by atoms with Crippen LogP contribution in [-0.2, 0) is 4.79 Å². The predicted octanol–water partition coefficient (Wildman–Crippen LogP) is 5.09. The fourth-order valence-electron chi connectivity index (χ4n) is 2.21. The number of fused-ring (bicyclic) bond motifs is 1. The van der Waals surface area contributed by atoms with Gasteiger partial charge in [-0.3, -0.25) is 10.1 Å². The first-order valence-electron chi connectivity index (χ1n) is 7.60. The summed E-state index contributed by atoms with van der Waals surface area (Å²) in [5.41, 5.74) is 2.05. The van der Waals surface area contributed by atoms with Crippen molar-refractivity contribution in [3.05, 3.63) is 53.1 Å². The van der Waals surface area contributed by atoms with Gasteiger partial charge in [0.2, 0.25) is 0 Å². The number of rotatable bonds is 5. The lowest BCUT2D eigenvalue weighted by atomic mass is 10.0. The second-order valence-corrected chi connectivity index (χ2v) is 7.16. The van der Waals surface area contributed by atoms with E-state index < -0.39 is 0 Å². The maximum Gasteiger partial charge on any atom is 0.264 e. The van der Waals surface area contributed by atoms with Crippen LogP contribution < -0.4 is 10.1 Å². The summed E-state index contributed by atoms with van der Waals surface area (Å²) >= 11 is 7.34. The standard InChI is InChI=1S/C18H17ClN2O2S/c1-11(2)12-3-6-14(7-4-12)23-10-17(22)21-18-20-15-8-5-13(19)9-16(15)24-18/h3-9,11H,10H2,1-2H3,(H,20,21,22). The normalized spacial score (nSPS) is 11.0. The molecule has 1 heterocycles. The van der Waals surface area contributed by atoms with Gasteiger partial charge in [-0.1, -0.05) is 48.9 Å². The molecule has 0 aliphatic heterocycles. The van der Waals surface area contributed by atoms with Crippen molar-refractivity contribution < 1.29 is 9.53 Å². The van der Waals surface area contributed by atoms with E-state index in [1.165, 1.54) is 16.9 Å². The van der Waals surface area contributed by atoms with E-state index in [2.05, 4.69) is 24.1 Å².